The molecule has 1 N–H and O–H groups in total. The quantitative estimate of drug-likeness (QED) is 0.763. The molecular formula is C19H22ClN5O2. The van der Waals surface area contributed by atoms with Crippen molar-refractivity contribution in [2.45, 2.75) is 13.3 Å². The third-order valence-corrected chi connectivity index (χ3v) is 4.69. The number of hydrogen-bond donors (Lipinski definition) is 1. The van der Waals surface area contributed by atoms with E-state index in [1.807, 2.05) is 36.1 Å². The Labute approximate surface area is 163 Å². The molecule has 8 heteroatoms. The van der Waals surface area contributed by atoms with E-state index in [2.05, 4.69) is 15.3 Å². The lowest BCUT2D eigenvalue weighted by Gasteiger charge is -2.32. The topological polar surface area (TPSA) is 78.4 Å². The fourth-order valence-corrected chi connectivity index (χ4v) is 3.03. The molecule has 0 unspecified atom stereocenters. The van der Waals surface area contributed by atoms with Gasteiger partial charge in [-0.1, -0.05) is 23.7 Å². The zero-order valence-electron chi connectivity index (χ0n) is 15.2. The van der Waals surface area contributed by atoms with Gasteiger partial charge in [0.15, 0.2) is 0 Å². The monoisotopic (exact) mass is 387 g/mol. The molecule has 2 heterocycles. The van der Waals surface area contributed by atoms with Crippen LogP contribution in [0.2, 0.25) is 5.02 Å². The number of carbonyl (C=O) groups is 2. The first-order chi connectivity index (χ1) is 13.0. The van der Waals surface area contributed by atoms with Crippen LogP contribution in [-0.2, 0) is 11.2 Å². The lowest BCUT2D eigenvalue weighted by atomic mass is 10.1. The van der Waals surface area contributed by atoms with Gasteiger partial charge >= 0.3 is 0 Å². The second kappa shape index (κ2) is 8.81. The van der Waals surface area contributed by atoms with Crippen LogP contribution in [0.3, 0.4) is 0 Å². The van der Waals surface area contributed by atoms with Crippen LogP contribution in [-0.4, -0.2) is 59.9 Å². The molecule has 1 aliphatic heterocycles. The molecule has 1 fully saturated rings. The molecule has 1 aromatic heterocycles. The Morgan fingerprint density at radius 1 is 1.19 bits per heavy atom. The number of amides is 2. The number of piperazine rings is 1. The largest absolute Gasteiger partial charge is 0.350 e. The maximum Gasteiger partial charge on any atom is 0.270 e. The molecule has 0 aliphatic carbocycles. The lowest BCUT2D eigenvalue weighted by molar-refractivity contribution is -0.118. The highest BCUT2D eigenvalue weighted by atomic mass is 35.5. The SMILES string of the molecule is Cc1cc(C(=O)NCCc2ccc(Cl)cc2)nc(N2CCN(C=O)CC2)n1. The van der Waals surface area contributed by atoms with E-state index in [0.29, 0.717) is 55.8 Å². The van der Waals surface area contributed by atoms with E-state index in [0.717, 1.165) is 17.7 Å². The summed E-state index contributed by atoms with van der Waals surface area (Å²) in [6.07, 6.45) is 1.57. The molecule has 142 valence electrons. The van der Waals surface area contributed by atoms with E-state index in [9.17, 15) is 9.59 Å². The van der Waals surface area contributed by atoms with E-state index < -0.39 is 0 Å². The highest BCUT2D eigenvalue weighted by molar-refractivity contribution is 6.30. The minimum Gasteiger partial charge on any atom is -0.350 e. The molecule has 2 amide bonds. The number of aryl methyl sites for hydroxylation is 1. The Morgan fingerprint density at radius 2 is 1.89 bits per heavy atom. The van der Waals surface area contributed by atoms with Crippen LogP contribution >= 0.6 is 11.6 Å². The summed E-state index contributed by atoms with van der Waals surface area (Å²) in [6, 6.07) is 9.25. The number of aromatic nitrogens is 2. The highest BCUT2D eigenvalue weighted by Gasteiger charge is 2.19. The Kier molecular flexibility index (Phi) is 6.24. The summed E-state index contributed by atoms with van der Waals surface area (Å²) in [6.45, 7) is 4.92. The molecule has 0 bridgehead atoms. The maximum absolute atomic E-state index is 12.5. The highest BCUT2D eigenvalue weighted by Crippen LogP contribution is 2.13. The summed E-state index contributed by atoms with van der Waals surface area (Å²) < 4.78 is 0. The van der Waals surface area contributed by atoms with Crippen molar-refractivity contribution in [1.29, 1.82) is 0 Å². The smallest absolute Gasteiger partial charge is 0.270 e. The van der Waals surface area contributed by atoms with E-state index in [1.165, 1.54) is 0 Å². The van der Waals surface area contributed by atoms with Gasteiger partial charge in [0.1, 0.15) is 5.69 Å². The minimum absolute atomic E-state index is 0.220. The van der Waals surface area contributed by atoms with Crippen molar-refractivity contribution in [3.05, 3.63) is 52.3 Å². The lowest BCUT2D eigenvalue weighted by Crippen LogP contribution is -2.46. The molecule has 1 saturated heterocycles. The molecular weight excluding hydrogens is 366 g/mol. The Morgan fingerprint density at radius 3 is 2.56 bits per heavy atom. The van der Waals surface area contributed by atoms with Gasteiger partial charge in [0.2, 0.25) is 12.4 Å². The molecule has 1 aliphatic rings. The van der Waals surface area contributed by atoms with Crippen molar-refractivity contribution in [3.8, 4) is 0 Å². The van der Waals surface area contributed by atoms with Crippen LogP contribution in [0.15, 0.2) is 30.3 Å². The first-order valence-corrected chi connectivity index (χ1v) is 9.25. The normalized spacial score (nSPS) is 14.1. The van der Waals surface area contributed by atoms with Crippen LogP contribution in [0, 0.1) is 6.92 Å². The van der Waals surface area contributed by atoms with E-state index in [1.54, 1.807) is 11.0 Å². The van der Waals surface area contributed by atoms with Crippen LogP contribution in [0.1, 0.15) is 21.7 Å². The molecule has 0 atom stereocenters. The summed E-state index contributed by atoms with van der Waals surface area (Å²) in [5.74, 6) is 0.311. The minimum atomic E-state index is -0.220. The van der Waals surface area contributed by atoms with E-state index >= 15 is 0 Å². The van der Waals surface area contributed by atoms with Crippen molar-refractivity contribution in [3.63, 3.8) is 0 Å². The first-order valence-electron chi connectivity index (χ1n) is 8.88. The third-order valence-electron chi connectivity index (χ3n) is 4.43. The van der Waals surface area contributed by atoms with Gasteiger partial charge in [-0.25, -0.2) is 9.97 Å². The number of halogens is 1. The van der Waals surface area contributed by atoms with Crippen molar-refractivity contribution >= 4 is 29.9 Å². The number of rotatable bonds is 6. The molecule has 0 saturated carbocycles. The van der Waals surface area contributed by atoms with Gasteiger partial charge in [-0.05, 0) is 37.1 Å². The van der Waals surface area contributed by atoms with Gasteiger partial charge in [-0.15, -0.1) is 0 Å². The number of benzene rings is 1. The Bertz CT molecular complexity index is 804. The second-order valence-corrected chi connectivity index (χ2v) is 6.89. The molecule has 7 nitrogen and oxygen atoms in total. The summed E-state index contributed by atoms with van der Waals surface area (Å²) >= 11 is 5.88. The summed E-state index contributed by atoms with van der Waals surface area (Å²) in [5.41, 5.74) is 2.19. The Balaban J connectivity index is 1.60. The van der Waals surface area contributed by atoms with Gasteiger partial charge in [0.05, 0.1) is 0 Å². The second-order valence-electron chi connectivity index (χ2n) is 6.46. The predicted octanol–water partition coefficient (Wildman–Crippen LogP) is 1.69. The molecule has 1 aromatic carbocycles. The summed E-state index contributed by atoms with van der Waals surface area (Å²) in [5, 5.41) is 3.60. The first kappa shape index (κ1) is 19.1. The zero-order valence-corrected chi connectivity index (χ0v) is 15.9. The van der Waals surface area contributed by atoms with Crippen LogP contribution < -0.4 is 10.2 Å². The van der Waals surface area contributed by atoms with Crippen molar-refractivity contribution in [2.75, 3.05) is 37.6 Å². The van der Waals surface area contributed by atoms with E-state index in [4.69, 9.17) is 11.6 Å². The van der Waals surface area contributed by atoms with Crippen molar-refractivity contribution in [1.82, 2.24) is 20.2 Å². The number of carbonyl (C=O) groups excluding carboxylic acids is 2. The number of hydrogen-bond acceptors (Lipinski definition) is 5. The van der Waals surface area contributed by atoms with Crippen LogP contribution in [0.4, 0.5) is 5.95 Å². The van der Waals surface area contributed by atoms with Gasteiger partial charge in [0, 0.05) is 43.4 Å². The van der Waals surface area contributed by atoms with Crippen molar-refractivity contribution in [2.24, 2.45) is 0 Å². The fourth-order valence-electron chi connectivity index (χ4n) is 2.90. The maximum atomic E-state index is 12.5. The average Bonchev–Trinajstić information content (AvgIpc) is 2.69. The number of nitrogens with zero attached hydrogens (tertiary/aromatic N) is 4. The molecule has 2 aromatic rings. The van der Waals surface area contributed by atoms with Crippen LogP contribution in [0.5, 0.6) is 0 Å². The summed E-state index contributed by atoms with van der Waals surface area (Å²) in [4.78, 5) is 35.9. The number of anilines is 1. The Hall–Kier alpha value is -2.67. The molecule has 0 radical (unpaired) electrons. The standard InChI is InChI=1S/C19H22ClN5O2/c1-14-12-17(18(27)21-7-6-15-2-4-16(20)5-3-15)23-19(22-14)25-10-8-24(13-26)9-11-25/h2-5,12-13H,6-11H2,1H3,(H,21,27). The zero-order chi connectivity index (χ0) is 19.2. The van der Waals surface area contributed by atoms with Crippen LogP contribution in [0.25, 0.3) is 0 Å². The van der Waals surface area contributed by atoms with Gasteiger partial charge in [-0.3, -0.25) is 9.59 Å². The third kappa shape index (κ3) is 5.17. The van der Waals surface area contributed by atoms with E-state index in [-0.39, 0.29) is 5.91 Å². The molecule has 0 spiro atoms. The predicted molar refractivity (Wildman–Crippen MR) is 104 cm³/mol. The molecule has 27 heavy (non-hydrogen) atoms. The fraction of sp³-hybridized carbons (Fsp3) is 0.368. The number of nitrogens with one attached hydrogen (secondary N) is 1. The van der Waals surface area contributed by atoms with Gasteiger partial charge < -0.3 is 15.1 Å². The van der Waals surface area contributed by atoms with Gasteiger partial charge in [0.25, 0.3) is 5.91 Å². The average molecular weight is 388 g/mol. The van der Waals surface area contributed by atoms with Gasteiger partial charge in [-0.2, -0.15) is 0 Å². The van der Waals surface area contributed by atoms with Crippen molar-refractivity contribution < 1.29 is 9.59 Å². The molecule has 3 rings (SSSR count). The summed E-state index contributed by atoms with van der Waals surface area (Å²) in [7, 11) is 0.